The monoisotopic (exact) mass is 332 g/mol. The van der Waals surface area contributed by atoms with Crippen molar-refractivity contribution in [3.63, 3.8) is 0 Å². The Kier molecular flexibility index (Phi) is 4.70. The summed E-state index contributed by atoms with van der Waals surface area (Å²) in [6.45, 7) is 5.03. The predicted molar refractivity (Wildman–Crippen MR) is 92.2 cm³/mol. The van der Waals surface area contributed by atoms with E-state index in [1.54, 1.807) is 0 Å². The van der Waals surface area contributed by atoms with Crippen molar-refractivity contribution in [2.24, 2.45) is 5.92 Å². The predicted octanol–water partition coefficient (Wildman–Crippen LogP) is 0.923. The third-order valence-electron chi connectivity index (χ3n) is 5.65. The summed E-state index contributed by atoms with van der Waals surface area (Å²) in [6.07, 6.45) is 6.24. The maximum Gasteiger partial charge on any atom is 0.151 e. The molecule has 1 aromatic rings. The van der Waals surface area contributed by atoms with Crippen LogP contribution in [0.3, 0.4) is 0 Å². The minimum absolute atomic E-state index is 0.578. The van der Waals surface area contributed by atoms with E-state index in [9.17, 15) is 5.11 Å². The van der Waals surface area contributed by atoms with Gasteiger partial charge in [-0.15, -0.1) is 5.10 Å². The fraction of sp³-hybridized carbons (Fsp3) is 0.778. The third kappa shape index (κ3) is 3.55. The molecule has 0 spiro atoms. The van der Waals surface area contributed by atoms with Crippen LogP contribution in [-0.4, -0.2) is 60.3 Å². The fourth-order valence-corrected chi connectivity index (χ4v) is 3.96. The first-order valence-electron chi connectivity index (χ1n) is 9.33. The zero-order valence-electron chi connectivity index (χ0n) is 14.3. The van der Waals surface area contributed by atoms with Gasteiger partial charge in [-0.25, -0.2) is 0 Å². The zero-order chi connectivity index (χ0) is 16.4. The molecule has 0 unspecified atom stereocenters. The Hall–Kier alpha value is -1.24. The molecule has 2 fully saturated rings. The maximum atomic E-state index is 10.4. The van der Waals surface area contributed by atoms with E-state index in [1.807, 2.05) is 0 Å². The number of nitrogens with one attached hydrogen (secondary N) is 1. The van der Waals surface area contributed by atoms with Gasteiger partial charge in [-0.2, -0.15) is 5.10 Å². The van der Waals surface area contributed by atoms with Crippen LogP contribution in [0.25, 0.3) is 0 Å². The van der Waals surface area contributed by atoms with Gasteiger partial charge < -0.3 is 20.1 Å². The standard InChI is InChI=1S/C18H28N4O2/c23-18(5-7-24-8-6-18)13-19-10-14-11-22(12-14)17-9-15-3-1-2-4-16(15)20-21-17/h9,14,19,23H,1-8,10-13H2. The second-order valence-electron chi connectivity index (χ2n) is 7.62. The number of aromatic nitrogens is 2. The van der Waals surface area contributed by atoms with Crippen molar-refractivity contribution < 1.29 is 9.84 Å². The van der Waals surface area contributed by atoms with Gasteiger partial charge in [-0.3, -0.25) is 0 Å². The topological polar surface area (TPSA) is 70.5 Å². The molecular formula is C18H28N4O2. The van der Waals surface area contributed by atoms with Crippen molar-refractivity contribution in [2.45, 2.75) is 44.1 Å². The van der Waals surface area contributed by atoms with Gasteiger partial charge in [-0.05, 0) is 37.3 Å². The largest absolute Gasteiger partial charge is 0.388 e. The summed E-state index contributed by atoms with van der Waals surface area (Å²) >= 11 is 0. The Bertz CT molecular complexity index is 568. The molecule has 0 radical (unpaired) electrons. The molecule has 3 heterocycles. The first-order valence-corrected chi connectivity index (χ1v) is 9.33. The molecule has 4 rings (SSSR count). The van der Waals surface area contributed by atoms with Crippen LogP contribution in [0.15, 0.2) is 6.07 Å². The summed E-state index contributed by atoms with van der Waals surface area (Å²) in [5.74, 6) is 1.67. The average Bonchev–Trinajstić information content (AvgIpc) is 2.57. The molecule has 2 saturated heterocycles. The molecule has 24 heavy (non-hydrogen) atoms. The highest BCUT2D eigenvalue weighted by molar-refractivity contribution is 5.44. The lowest BCUT2D eigenvalue weighted by Gasteiger charge is -2.41. The number of nitrogens with zero attached hydrogens (tertiary/aromatic N) is 3. The molecule has 0 amide bonds. The minimum atomic E-state index is -0.578. The van der Waals surface area contributed by atoms with Crippen molar-refractivity contribution >= 4 is 5.82 Å². The van der Waals surface area contributed by atoms with Crippen LogP contribution in [0.1, 0.15) is 36.9 Å². The lowest BCUT2D eigenvalue weighted by molar-refractivity contribution is -0.0619. The van der Waals surface area contributed by atoms with Crippen LogP contribution in [-0.2, 0) is 17.6 Å². The SMILES string of the molecule is OC1(CNCC2CN(c3cc4c(nn3)CCCC4)C2)CCOCC1. The smallest absolute Gasteiger partial charge is 0.151 e. The number of rotatable bonds is 5. The number of aryl methyl sites for hydroxylation is 2. The molecule has 1 aromatic heterocycles. The Balaban J connectivity index is 1.22. The molecule has 0 atom stereocenters. The normalized spacial score (nSPS) is 23.6. The lowest BCUT2D eigenvalue weighted by atomic mass is 9.93. The molecule has 3 aliphatic rings. The second kappa shape index (κ2) is 6.94. The van der Waals surface area contributed by atoms with Crippen molar-refractivity contribution in [3.05, 3.63) is 17.3 Å². The van der Waals surface area contributed by atoms with Crippen molar-refractivity contribution in [2.75, 3.05) is 44.3 Å². The highest BCUT2D eigenvalue weighted by Gasteiger charge is 2.32. The average molecular weight is 332 g/mol. The Labute approximate surface area is 143 Å². The summed E-state index contributed by atoms with van der Waals surface area (Å²) in [5, 5.41) is 22.7. The van der Waals surface area contributed by atoms with E-state index in [2.05, 4.69) is 26.5 Å². The van der Waals surface area contributed by atoms with Crippen LogP contribution in [0, 0.1) is 5.92 Å². The molecule has 2 N–H and O–H groups in total. The molecule has 2 aliphatic heterocycles. The van der Waals surface area contributed by atoms with E-state index in [-0.39, 0.29) is 0 Å². The summed E-state index contributed by atoms with van der Waals surface area (Å²) in [6, 6.07) is 2.25. The van der Waals surface area contributed by atoms with E-state index in [0.717, 1.165) is 51.1 Å². The number of hydrogen-bond acceptors (Lipinski definition) is 6. The van der Waals surface area contributed by atoms with Gasteiger partial charge in [-0.1, -0.05) is 0 Å². The summed E-state index contributed by atoms with van der Waals surface area (Å²) in [5.41, 5.74) is 2.02. The zero-order valence-corrected chi connectivity index (χ0v) is 14.3. The first kappa shape index (κ1) is 16.2. The summed E-state index contributed by atoms with van der Waals surface area (Å²) in [7, 11) is 0. The molecule has 6 heteroatoms. The van der Waals surface area contributed by atoms with Gasteiger partial charge in [0.15, 0.2) is 5.82 Å². The number of hydrogen-bond donors (Lipinski definition) is 2. The van der Waals surface area contributed by atoms with Crippen molar-refractivity contribution in [3.8, 4) is 0 Å². The third-order valence-corrected chi connectivity index (χ3v) is 5.65. The van der Waals surface area contributed by atoms with Crippen LogP contribution in [0.5, 0.6) is 0 Å². The molecule has 0 aromatic carbocycles. The van der Waals surface area contributed by atoms with E-state index >= 15 is 0 Å². The van der Waals surface area contributed by atoms with E-state index in [4.69, 9.17) is 4.74 Å². The van der Waals surface area contributed by atoms with Crippen LogP contribution >= 0.6 is 0 Å². The van der Waals surface area contributed by atoms with E-state index in [1.165, 1.54) is 24.1 Å². The highest BCUT2D eigenvalue weighted by Crippen LogP contribution is 2.26. The number of ether oxygens (including phenoxy) is 1. The molecule has 1 aliphatic carbocycles. The van der Waals surface area contributed by atoms with Gasteiger partial charge >= 0.3 is 0 Å². The van der Waals surface area contributed by atoms with Gasteiger partial charge in [0.2, 0.25) is 0 Å². The van der Waals surface area contributed by atoms with Crippen LogP contribution < -0.4 is 10.2 Å². The fourth-order valence-electron chi connectivity index (χ4n) is 3.96. The molecule has 6 nitrogen and oxygen atoms in total. The molecule has 0 bridgehead atoms. The quantitative estimate of drug-likeness (QED) is 0.836. The maximum absolute atomic E-state index is 10.4. The van der Waals surface area contributed by atoms with E-state index < -0.39 is 5.60 Å². The van der Waals surface area contributed by atoms with Gasteiger partial charge in [0.25, 0.3) is 0 Å². The van der Waals surface area contributed by atoms with Gasteiger partial charge in [0.1, 0.15) is 0 Å². The van der Waals surface area contributed by atoms with E-state index in [0.29, 0.717) is 25.7 Å². The van der Waals surface area contributed by atoms with Crippen molar-refractivity contribution in [1.29, 1.82) is 0 Å². The van der Waals surface area contributed by atoms with Crippen molar-refractivity contribution in [1.82, 2.24) is 15.5 Å². The first-order chi connectivity index (χ1) is 11.7. The van der Waals surface area contributed by atoms with Gasteiger partial charge in [0.05, 0.1) is 11.3 Å². The Morgan fingerprint density at radius 3 is 2.83 bits per heavy atom. The van der Waals surface area contributed by atoms with Gasteiger partial charge in [0, 0.05) is 58.2 Å². The summed E-state index contributed by atoms with van der Waals surface area (Å²) in [4.78, 5) is 2.32. The second-order valence-corrected chi connectivity index (χ2v) is 7.62. The number of aliphatic hydroxyl groups is 1. The Morgan fingerprint density at radius 2 is 2.00 bits per heavy atom. The van der Waals surface area contributed by atoms with Crippen LogP contribution in [0.2, 0.25) is 0 Å². The number of fused-ring (bicyclic) bond motifs is 1. The Morgan fingerprint density at radius 1 is 1.21 bits per heavy atom. The molecular weight excluding hydrogens is 304 g/mol. The highest BCUT2D eigenvalue weighted by atomic mass is 16.5. The lowest BCUT2D eigenvalue weighted by Crippen LogP contribution is -2.53. The molecule has 132 valence electrons. The minimum Gasteiger partial charge on any atom is -0.388 e. The molecule has 0 saturated carbocycles. The number of anilines is 1. The van der Waals surface area contributed by atoms with Crippen LogP contribution in [0.4, 0.5) is 5.82 Å². The summed E-state index contributed by atoms with van der Waals surface area (Å²) < 4.78 is 5.32.